The summed E-state index contributed by atoms with van der Waals surface area (Å²) < 4.78 is 63.6. The molecular formula is C35H43ClF4O. The first-order valence-corrected chi connectivity index (χ1v) is 16.0. The van der Waals surface area contributed by atoms with E-state index in [0.717, 1.165) is 42.2 Å². The lowest BCUT2D eigenvalue weighted by molar-refractivity contribution is -0.222. The van der Waals surface area contributed by atoms with Gasteiger partial charge >= 0.3 is 6.11 Å². The lowest BCUT2D eigenvalue weighted by Gasteiger charge is -2.38. The zero-order valence-corrected chi connectivity index (χ0v) is 24.8. The van der Waals surface area contributed by atoms with Crippen molar-refractivity contribution < 1.29 is 22.3 Å². The first-order chi connectivity index (χ1) is 19.7. The molecule has 0 bridgehead atoms. The number of alkyl halides is 2. The lowest BCUT2D eigenvalue weighted by atomic mass is 9.68. The number of halogens is 5. The van der Waals surface area contributed by atoms with Crippen LogP contribution in [0.15, 0.2) is 48.6 Å². The minimum absolute atomic E-state index is 0.0808. The molecule has 0 atom stereocenters. The molecule has 0 saturated heterocycles. The standard InChI is InChI=1S/C35H43ClF4O/c1-2-3-4-23-5-7-24(8-6-23)25-9-11-26(12-10-25)28-15-19-31(33(37)21-28)27-13-16-29(17-14-27)35(39,40)41-30-18-20-32(36)34(38)22-30/h2-3,15,18-27,29H,4-14,16-17H2,1H3/b3-2-. The van der Waals surface area contributed by atoms with Crippen molar-refractivity contribution in [2.45, 2.75) is 108 Å². The Morgan fingerprint density at radius 1 is 0.780 bits per heavy atom. The summed E-state index contributed by atoms with van der Waals surface area (Å²) in [6.07, 6.45) is 13.8. The fourth-order valence-electron chi connectivity index (χ4n) is 7.80. The predicted molar refractivity (Wildman–Crippen MR) is 158 cm³/mol. The van der Waals surface area contributed by atoms with Crippen LogP contribution in [-0.2, 0) is 0 Å². The molecule has 224 valence electrons. The van der Waals surface area contributed by atoms with Crippen LogP contribution in [0.4, 0.5) is 17.6 Å². The summed E-state index contributed by atoms with van der Waals surface area (Å²) in [4.78, 5) is 0. The molecule has 2 aromatic carbocycles. The first kappa shape index (κ1) is 30.4. The molecule has 6 heteroatoms. The van der Waals surface area contributed by atoms with E-state index in [1.807, 2.05) is 6.07 Å². The number of ether oxygens (including phenoxy) is 1. The van der Waals surface area contributed by atoms with Gasteiger partial charge in [-0.25, -0.2) is 8.78 Å². The molecule has 3 fully saturated rings. The van der Waals surface area contributed by atoms with E-state index in [2.05, 4.69) is 25.1 Å². The summed E-state index contributed by atoms with van der Waals surface area (Å²) in [5.74, 6) is 0.612. The quantitative estimate of drug-likeness (QED) is 0.219. The highest BCUT2D eigenvalue weighted by atomic mass is 35.5. The summed E-state index contributed by atoms with van der Waals surface area (Å²) in [5, 5.41) is -0.143. The van der Waals surface area contributed by atoms with Crippen molar-refractivity contribution in [1.82, 2.24) is 0 Å². The fourth-order valence-corrected chi connectivity index (χ4v) is 7.92. The fraction of sp³-hybridized carbons (Fsp3) is 0.600. The van der Waals surface area contributed by atoms with E-state index in [0.29, 0.717) is 24.3 Å². The van der Waals surface area contributed by atoms with E-state index in [1.165, 1.54) is 57.1 Å². The van der Waals surface area contributed by atoms with E-state index < -0.39 is 17.8 Å². The normalized spacial score (nSPS) is 29.5. The van der Waals surface area contributed by atoms with E-state index in [-0.39, 0.29) is 35.3 Å². The van der Waals surface area contributed by atoms with Gasteiger partial charge in [-0.3, -0.25) is 0 Å². The molecule has 3 aliphatic rings. The SMILES string of the molecule is C/C=C\CC1CCC(C2CCC(c3ccc(C4CCC(C(F)(F)Oc5ccc(Cl)c(F)c5)CC4)c(F)c3)CC2)CC1. The maximum atomic E-state index is 15.3. The van der Waals surface area contributed by atoms with E-state index in [4.69, 9.17) is 16.3 Å². The molecular weight excluding hydrogens is 548 g/mol. The van der Waals surface area contributed by atoms with Gasteiger partial charge in [-0.2, -0.15) is 8.78 Å². The highest BCUT2D eigenvalue weighted by Gasteiger charge is 2.44. The smallest absolute Gasteiger partial charge is 0.400 e. The summed E-state index contributed by atoms with van der Waals surface area (Å²) in [6, 6.07) is 9.02. The molecule has 0 radical (unpaired) electrons. The molecule has 0 aliphatic heterocycles. The zero-order chi connectivity index (χ0) is 29.0. The van der Waals surface area contributed by atoms with Gasteiger partial charge in [-0.15, -0.1) is 0 Å². The van der Waals surface area contributed by atoms with Crippen molar-refractivity contribution in [1.29, 1.82) is 0 Å². The van der Waals surface area contributed by atoms with Gasteiger partial charge in [-0.1, -0.05) is 35.9 Å². The van der Waals surface area contributed by atoms with Gasteiger partial charge < -0.3 is 4.74 Å². The Balaban J connectivity index is 1.10. The molecule has 5 rings (SSSR count). The van der Waals surface area contributed by atoms with Gasteiger partial charge in [-0.05, 0) is 149 Å². The van der Waals surface area contributed by atoms with Crippen LogP contribution in [0, 0.1) is 35.3 Å². The Kier molecular flexibility index (Phi) is 10.0. The molecule has 1 nitrogen and oxygen atoms in total. The largest absolute Gasteiger partial charge is 0.432 e. The zero-order valence-electron chi connectivity index (χ0n) is 24.1. The van der Waals surface area contributed by atoms with Crippen molar-refractivity contribution in [2.24, 2.45) is 23.7 Å². The summed E-state index contributed by atoms with van der Waals surface area (Å²) in [5.41, 5.74) is 1.73. The monoisotopic (exact) mass is 590 g/mol. The summed E-state index contributed by atoms with van der Waals surface area (Å²) >= 11 is 5.64. The third kappa shape index (κ3) is 7.50. The van der Waals surface area contributed by atoms with Crippen LogP contribution in [0.1, 0.15) is 113 Å². The number of hydrogen-bond donors (Lipinski definition) is 0. The Labute approximate surface area is 247 Å². The van der Waals surface area contributed by atoms with Gasteiger partial charge in [0.25, 0.3) is 0 Å². The third-order valence-corrected chi connectivity index (χ3v) is 10.6. The second-order valence-electron chi connectivity index (χ2n) is 12.8. The Morgan fingerprint density at radius 2 is 1.41 bits per heavy atom. The van der Waals surface area contributed by atoms with E-state index in [1.54, 1.807) is 6.07 Å². The Morgan fingerprint density at radius 3 is 2.02 bits per heavy atom. The van der Waals surface area contributed by atoms with Crippen molar-refractivity contribution in [3.05, 3.63) is 76.3 Å². The van der Waals surface area contributed by atoms with Gasteiger partial charge in [0.1, 0.15) is 17.4 Å². The molecule has 0 aromatic heterocycles. The Bertz CT molecular complexity index is 1170. The molecule has 41 heavy (non-hydrogen) atoms. The lowest BCUT2D eigenvalue weighted by Crippen LogP contribution is -2.37. The molecule has 0 N–H and O–H groups in total. The maximum Gasteiger partial charge on any atom is 0.400 e. The third-order valence-electron chi connectivity index (χ3n) is 10.3. The van der Waals surface area contributed by atoms with Gasteiger partial charge in [0.15, 0.2) is 0 Å². The maximum absolute atomic E-state index is 15.3. The molecule has 0 heterocycles. The Hall–Kier alpha value is -2.01. The average Bonchev–Trinajstić information content (AvgIpc) is 2.98. The number of allylic oxidation sites excluding steroid dienone is 2. The number of benzene rings is 2. The van der Waals surface area contributed by atoms with Crippen molar-refractivity contribution in [3.8, 4) is 5.75 Å². The average molecular weight is 591 g/mol. The van der Waals surface area contributed by atoms with Gasteiger partial charge in [0, 0.05) is 6.07 Å². The summed E-state index contributed by atoms with van der Waals surface area (Å²) in [7, 11) is 0. The molecule has 0 spiro atoms. The second-order valence-corrected chi connectivity index (χ2v) is 13.2. The highest BCUT2D eigenvalue weighted by Crippen LogP contribution is 2.46. The van der Waals surface area contributed by atoms with Crippen molar-refractivity contribution in [2.75, 3.05) is 0 Å². The van der Waals surface area contributed by atoms with E-state index >= 15 is 4.39 Å². The van der Waals surface area contributed by atoms with Crippen LogP contribution >= 0.6 is 11.6 Å². The molecule has 3 aliphatic carbocycles. The van der Waals surface area contributed by atoms with Gasteiger partial charge in [0.2, 0.25) is 0 Å². The first-order valence-electron chi connectivity index (χ1n) is 15.7. The van der Waals surface area contributed by atoms with Crippen LogP contribution in [-0.4, -0.2) is 6.11 Å². The number of hydrogen-bond acceptors (Lipinski definition) is 1. The van der Waals surface area contributed by atoms with Crippen LogP contribution in [0.5, 0.6) is 5.75 Å². The molecule has 2 aromatic rings. The van der Waals surface area contributed by atoms with E-state index in [9.17, 15) is 13.2 Å². The van der Waals surface area contributed by atoms with Crippen LogP contribution in [0.25, 0.3) is 0 Å². The van der Waals surface area contributed by atoms with Crippen molar-refractivity contribution >= 4 is 11.6 Å². The second kappa shape index (κ2) is 13.5. The van der Waals surface area contributed by atoms with Crippen LogP contribution < -0.4 is 4.74 Å². The van der Waals surface area contributed by atoms with Crippen LogP contribution in [0.3, 0.4) is 0 Å². The van der Waals surface area contributed by atoms with Crippen LogP contribution in [0.2, 0.25) is 5.02 Å². The minimum Gasteiger partial charge on any atom is -0.432 e. The molecule has 0 unspecified atom stereocenters. The summed E-state index contributed by atoms with van der Waals surface area (Å²) in [6.45, 7) is 2.10. The minimum atomic E-state index is -3.43. The van der Waals surface area contributed by atoms with Crippen molar-refractivity contribution in [3.63, 3.8) is 0 Å². The topological polar surface area (TPSA) is 9.23 Å². The highest BCUT2D eigenvalue weighted by molar-refractivity contribution is 6.30. The van der Waals surface area contributed by atoms with Gasteiger partial charge in [0.05, 0.1) is 10.9 Å². The predicted octanol–water partition coefficient (Wildman–Crippen LogP) is 11.6. The molecule has 0 amide bonds. The number of rotatable bonds is 8. The molecule has 3 saturated carbocycles.